The Morgan fingerprint density at radius 1 is 1.08 bits per heavy atom. The highest BCUT2D eigenvalue weighted by Crippen LogP contribution is 2.15. The Bertz CT molecular complexity index is 212. The second kappa shape index (κ2) is 6.13. The van der Waals surface area contributed by atoms with Crippen molar-refractivity contribution in [2.75, 3.05) is 0 Å². The van der Waals surface area contributed by atoms with E-state index in [0.29, 0.717) is 0 Å². The highest BCUT2D eigenvalue weighted by molar-refractivity contribution is 9.24. The molecule has 1 aromatic carbocycles. The molecule has 12 heavy (non-hydrogen) atoms. The van der Waals surface area contributed by atoms with Crippen LogP contribution in [0.3, 0.4) is 0 Å². The summed E-state index contributed by atoms with van der Waals surface area (Å²) >= 11 is 7.08. The molecule has 0 atom stereocenters. The van der Waals surface area contributed by atoms with Gasteiger partial charge in [-0.3, -0.25) is 0 Å². The first-order chi connectivity index (χ1) is 5.86. The molecule has 62 valence electrons. The zero-order valence-electron chi connectivity index (χ0n) is 6.43. The maximum atomic E-state index is 3.54. The van der Waals surface area contributed by atoms with Crippen LogP contribution >= 0.6 is 30.6 Å². The van der Waals surface area contributed by atoms with E-state index in [4.69, 9.17) is 0 Å². The predicted molar refractivity (Wildman–Crippen MR) is 63.3 cm³/mol. The molecule has 0 amide bonds. The highest BCUT2D eigenvalue weighted by atomic mass is 79.9. The lowest BCUT2D eigenvalue weighted by molar-refractivity contribution is 1.07. The van der Waals surface area contributed by atoms with Crippen molar-refractivity contribution in [2.24, 2.45) is 0 Å². The second-order valence-electron chi connectivity index (χ2n) is 2.46. The Kier molecular flexibility index (Phi) is 5.46. The lowest BCUT2D eigenvalue weighted by Gasteiger charge is -2.07. The summed E-state index contributed by atoms with van der Waals surface area (Å²) in [5, 5.41) is 0.757. The maximum Gasteiger partial charge on any atom is 0.138 e. The maximum absolute atomic E-state index is 3.54. The summed E-state index contributed by atoms with van der Waals surface area (Å²) in [6, 6.07) is 10.6. The van der Waals surface area contributed by atoms with E-state index in [1.54, 1.807) is 0 Å². The van der Waals surface area contributed by atoms with Crippen LogP contribution in [-0.2, 0) is 6.42 Å². The quantitative estimate of drug-likeness (QED) is 0.591. The van der Waals surface area contributed by atoms with E-state index in [0.717, 1.165) is 21.4 Å². The van der Waals surface area contributed by atoms with Crippen molar-refractivity contribution in [3.8, 4) is 0 Å². The van der Waals surface area contributed by atoms with Crippen LogP contribution < -0.4 is 0 Å². The van der Waals surface area contributed by atoms with Crippen molar-refractivity contribution in [3.63, 3.8) is 0 Å². The van der Waals surface area contributed by atoms with Crippen LogP contribution in [0.25, 0.3) is 0 Å². The fourth-order valence-corrected chi connectivity index (χ4v) is 7.53. The molecule has 0 spiro atoms. The van der Waals surface area contributed by atoms with Gasteiger partial charge in [0.25, 0.3) is 0 Å². The molecule has 0 saturated carbocycles. The number of halogens is 2. The fourth-order valence-electron chi connectivity index (χ4n) is 0.948. The summed E-state index contributed by atoms with van der Waals surface area (Å²) in [5.74, 6) is 0. The first-order valence-corrected chi connectivity index (χ1v) is 10.3. The molecule has 4 radical (unpaired) electrons. The third kappa shape index (κ3) is 3.55. The van der Waals surface area contributed by atoms with Gasteiger partial charge in [-0.15, -0.1) is 30.6 Å². The Morgan fingerprint density at radius 2 is 1.67 bits per heavy atom. The summed E-state index contributed by atoms with van der Waals surface area (Å²) in [4.78, 5) is 0. The summed E-state index contributed by atoms with van der Waals surface area (Å²) in [5.41, 5.74) is 1.43. The van der Waals surface area contributed by atoms with Crippen LogP contribution in [0.4, 0.5) is 0 Å². The molecular weight excluding hydrogens is 312 g/mol. The van der Waals surface area contributed by atoms with Gasteiger partial charge in [0.2, 0.25) is 0 Å². The summed E-state index contributed by atoms with van der Waals surface area (Å²) < 4.78 is 0. The average Bonchev–Trinajstić information content (AvgIpc) is 2.16. The number of hydrogen-bond donors (Lipinski definition) is 0. The molecule has 0 N–H and O–H groups in total. The third-order valence-electron chi connectivity index (χ3n) is 1.55. The van der Waals surface area contributed by atoms with Crippen molar-refractivity contribution in [1.82, 2.24) is 0 Å². The molecule has 0 fully saturated rings. The van der Waals surface area contributed by atoms with E-state index in [1.807, 2.05) is 0 Å². The third-order valence-corrected chi connectivity index (χ3v) is 9.20. The van der Waals surface area contributed by atoms with E-state index < -0.39 is 0 Å². The Hall–Kier alpha value is 0.614. The predicted octanol–water partition coefficient (Wildman–Crippen LogP) is 3.00. The largest absolute Gasteiger partial charge is 0.138 e. The normalized spacial score (nSPS) is 10.6. The van der Waals surface area contributed by atoms with Crippen LogP contribution in [0.15, 0.2) is 30.3 Å². The van der Waals surface area contributed by atoms with Gasteiger partial charge in [-0.2, -0.15) is 0 Å². The van der Waals surface area contributed by atoms with Crippen molar-refractivity contribution in [1.29, 1.82) is 0 Å². The van der Waals surface area contributed by atoms with E-state index in [2.05, 4.69) is 60.9 Å². The van der Waals surface area contributed by atoms with Crippen molar-refractivity contribution >= 4 is 46.9 Å². The molecule has 1 aromatic rings. The van der Waals surface area contributed by atoms with Gasteiger partial charge >= 0.3 is 0 Å². The Balaban J connectivity index is 2.51. The average molecular weight is 320 g/mol. The van der Waals surface area contributed by atoms with Crippen molar-refractivity contribution in [2.45, 2.75) is 11.6 Å². The molecule has 0 aliphatic rings. The molecule has 0 heterocycles. The first kappa shape index (κ1) is 10.7. The highest BCUT2D eigenvalue weighted by Gasteiger charge is 2.07. The van der Waals surface area contributed by atoms with E-state index >= 15 is 0 Å². The molecule has 0 unspecified atom stereocenters. The van der Waals surface area contributed by atoms with E-state index in [1.165, 1.54) is 12.0 Å². The first-order valence-electron chi connectivity index (χ1n) is 3.63. The minimum absolute atomic E-state index is 0.757. The fraction of sp³-hybridized carbons (Fsp3) is 0.250. The number of rotatable bonds is 4. The summed E-state index contributed by atoms with van der Waals surface area (Å²) in [7, 11) is 1.70. The van der Waals surface area contributed by atoms with Gasteiger partial charge in [0, 0.05) is 0 Å². The standard InChI is InChI=1S/C8H8Br2Si2/c9-11-8(12-10)6-7-4-2-1-3-5-7/h1-5,8H,6H2. The minimum atomic E-state index is 0.757. The van der Waals surface area contributed by atoms with Crippen LogP contribution in [-0.4, -0.2) is 16.3 Å². The molecule has 0 aliphatic carbocycles. The van der Waals surface area contributed by atoms with Gasteiger partial charge in [0.15, 0.2) is 0 Å². The molecular formula is C8H8Br2Si2. The van der Waals surface area contributed by atoms with Crippen LogP contribution in [0.2, 0.25) is 5.16 Å². The molecule has 1 rings (SSSR count). The molecule has 0 nitrogen and oxygen atoms in total. The molecule has 0 aliphatic heterocycles. The zero-order chi connectivity index (χ0) is 8.81. The molecule has 4 heteroatoms. The van der Waals surface area contributed by atoms with Crippen LogP contribution in [0, 0.1) is 0 Å². The lowest BCUT2D eigenvalue weighted by Crippen LogP contribution is -2.05. The summed E-state index contributed by atoms with van der Waals surface area (Å²) in [6.07, 6.45) is 1.17. The van der Waals surface area contributed by atoms with Gasteiger partial charge in [-0.25, -0.2) is 0 Å². The lowest BCUT2D eigenvalue weighted by atomic mass is 10.2. The minimum Gasteiger partial charge on any atom is -0.131 e. The van der Waals surface area contributed by atoms with Crippen LogP contribution in [0.1, 0.15) is 5.56 Å². The topological polar surface area (TPSA) is 0 Å². The zero-order valence-corrected chi connectivity index (χ0v) is 11.6. The SMILES string of the molecule is Br[Si]C(Cc1ccccc1)[Si]Br. The van der Waals surface area contributed by atoms with Crippen LogP contribution in [0.5, 0.6) is 0 Å². The van der Waals surface area contributed by atoms with E-state index in [9.17, 15) is 0 Å². The smallest absolute Gasteiger partial charge is 0.131 e. The van der Waals surface area contributed by atoms with Gasteiger partial charge in [-0.1, -0.05) is 30.3 Å². The van der Waals surface area contributed by atoms with Crippen molar-refractivity contribution in [3.05, 3.63) is 35.9 Å². The second-order valence-corrected chi connectivity index (χ2v) is 7.62. The summed E-state index contributed by atoms with van der Waals surface area (Å²) in [6.45, 7) is 0. The molecule has 0 saturated heterocycles. The van der Waals surface area contributed by atoms with Gasteiger partial charge in [0.1, 0.15) is 16.3 Å². The monoisotopic (exact) mass is 318 g/mol. The Morgan fingerprint density at radius 3 is 2.17 bits per heavy atom. The van der Waals surface area contributed by atoms with E-state index in [-0.39, 0.29) is 0 Å². The molecule has 0 aromatic heterocycles. The van der Waals surface area contributed by atoms with Gasteiger partial charge in [-0.05, 0) is 17.1 Å². The number of benzene rings is 1. The van der Waals surface area contributed by atoms with Crippen molar-refractivity contribution < 1.29 is 0 Å². The molecule has 0 bridgehead atoms. The van der Waals surface area contributed by atoms with Gasteiger partial charge in [0.05, 0.1) is 0 Å². The Labute approximate surface area is 93.9 Å². The van der Waals surface area contributed by atoms with Gasteiger partial charge < -0.3 is 0 Å². The number of hydrogen-bond acceptors (Lipinski definition) is 0.